The molecule has 0 aliphatic rings. The van der Waals surface area contributed by atoms with E-state index in [1.54, 1.807) is 0 Å². The Kier molecular flexibility index (Phi) is 6.63. The minimum atomic E-state index is -4.19. The molecule has 0 N–H and O–H groups in total. The maximum atomic E-state index is 6.36. The van der Waals surface area contributed by atoms with Gasteiger partial charge in [-0.3, -0.25) is 0 Å². The molecule has 0 aliphatic carbocycles. The first-order chi connectivity index (χ1) is 8.83. The standard InChI is InChI=1S/C4H9N.3C4H9O.Ta/c4*1-4(2,3)5;/h4*1-3H3;/q;3*-1;+3. The number of nitrogens with zero attached hydrogens (tertiary/aromatic N) is 1. The number of hydrogen-bond donors (Lipinski definition) is 0. The van der Waals surface area contributed by atoms with Crippen LogP contribution in [0.3, 0.4) is 0 Å². The Morgan fingerprint density at radius 3 is 0.905 bits per heavy atom. The van der Waals surface area contributed by atoms with Gasteiger partial charge >= 0.3 is 137 Å². The van der Waals surface area contributed by atoms with Crippen LogP contribution in [0.5, 0.6) is 0 Å². The second kappa shape index (κ2) is 6.50. The molecule has 128 valence electrons. The van der Waals surface area contributed by atoms with Crippen molar-refractivity contribution in [3.63, 3.8) is 0 Å². The average molecular weight is 471 g/mol. The fourth-order valence-electron chi connectivity index (χ4n) is 1.52. The van der Waals surface area contributed by atoms with Crippen molar-refractivity contribution in [1.82, 2.24) is 0 Å². The monoisotopic (exact) mass is 471 g/mol. The van der Waals surface area contributed by atoms with Crippen molar-refractivity contribution in [2.75, 3.05) is 0 Å². The van der Waals surface area contributed by atoms with Crippen LogP contribution in [-0.2, 0) is 27.9 Å². The Hall–Kier alpha value is 0.420. The van der Waals surface area contributed by atoms with Crippen LogP contribution in [0.1, 0.15) is 83.1 Å². The zero-order valence-electron chi connectivity index (χ0n) is 16.1. The Morgan fingerprint density at radius 2 is 0.762 bits per heavy atom. The zero-order valence-corrected chi connectivity index (χ0v) is 19.3. The molecule has 0 aromatic rings. The van der Waals surface area contributed by atoms with Crippen molar-refractivity contribution < 1.29 is 27.9 Å². The summed E-state index contributed by atoms with van der Waals surface area (Å²) < 4.78 is 24.0. The van der Waals surface area contributed by atoms with E-state index in [4.69, 9.17) is 13.1 Å². The van der Waals surface area contributed by atoms with Crippen LogP contribution in [0.4, 0.5) is 0 Å². The molecular formula is C16H36NO3Ta. The van der Waals surface area contributed by atoms with E-state index < -0.39 is 18.1 Å². The Bertz CT molecular complexity index is 342. The molecule has 0 atom stereocenters. The first-order valence-corrected chi connectivity index (χ1v) is 13.0. The Labute approximate surface area is 136 Å². The quantitative estimate of drug-likeness (QED) is 0.560. The zero-order chi connectivity index (χ0) is 17.3. The first kappa shape index (κ1) is 21.4. The fourth-order valence-corrected chi connectivity index (χ4v) is 12.5. The van der Waals surface area contributed by atoms with E-state index in [0.29, 0.717) is 0 Å². The molecular weight excluding hydrogens is 435 g/mol. The molecule has 0 saturated heterocycles. The molecule has 0 aliphatic heterocycles. The van der Waals surface area contributed by atoms with Gasteiger partial charge in [-0.25, -0.2) is 0 Å². The Morgan fingerprint density at radius 1 is 0.524 bits per heavy atom. The summed E-state index contributed by atoms with van der Waals surface area (Å²) in [5.41, 5.74) is -1.34. The van der Waals surface area contributed by atoms with Gasteiger partial charge in [-0.2, -0.15) is 0 Å². The van der Waals surface area contributed by atoms with Crippen LogP contribution in [0, 0.1) is 0 Å². The predicted molar refractivity (Wildman–Crippen MR) is 84.7 cm³/mol. The third kappa shape index (κ3) is 11.6. The van der Waals surface area contributed by atoms with Crippen molar-refractivity contribution in [2.24, 2.45) is 3.34 Å². The summed E-state index contributed by atoms with van der Waals surface area (Å²) >= 11 is -4.19. The van der Waals surface area contributed by atoms with Crippen LogP contribution in [-0.4, -0.2) is 22.3 Å². The van der Waals surface area contributed by atoms with Gasteiger partial charge in [0.15, 0.2) is 0 Å². The molecule has 0 amide bonds. The van der Waals surface area contributed by atoms with Gasteiger partial charge in [-0.1, -0.05) is 0 Å². The van der Waals surface area contributed by atoms with Gasteiger partial charge in [0, 0.05) is 0 Å². The molecule has 0 aromatic carbocycles. The van der Waals surface area contributed by atoms with Crippen LogP contribution >= 0.6 is 0 Å². The van der Waals surface area contributed by atoms with Crippen molar-refractivity contribution in [3.8, 4) is 0 Å². The fraction of sp³-hybridized carbons (Fsp3) is 1.00. The molecule has 4 nitrogen and oxygen atoms in total. The van der Waals surface area contributed by atoms with Crippen LogP contribution in [0.25, 0.3) is 0 Å². The van der Waals surface area contributed by atoms with Crippen LogP contribution < -0.4 is 0 Å². The number of hydrogen-bond acceptors (Lipinski definition) is 4. The molecule has 0 unspecified atom stereocenters. The SMILES string of the molecule is CC(C)(C)[N]=[Ta]([O]C(C)(C)C)([O]C(C)(C)C)[O]C(C)(C)C. The molecule has 5 heteroatoms. The van der Waals surface area contributed by atoms with E-state index >= 15 is 0 Å². The van der Waals surface area contributed by atoms with E-state index in [2.05, 4.69) is 20.8 Å². The molecule has 0 bridgehead atoms. The summed E-state index contributed by atoms with van der Waals surface area (Å²) in [4.78, 5) is 0. The third-order valence-corrected chi connectivity index (χ3v) is 13.0. The average Bonchev–Trinajstić information content (AvgIpc) is 1.83. The second-order valence-corrected chi connectivity index (χ2v) is 15.4. The van der Waals surface area contributed by atoms with Gasteiger partial charge in [0.1, 0.15) is 0 Å². The van der Waals surface area contributed by atoms with Gasteiger partial charge in [0.05, 0.1) is 0 Å². The molecule has 0 saturated carbocycles. The van der Waals surface area contributed by atoms with Crippen molar-refractivity contribution >= 4 is 0 Å². The van der Waals surface area contributed by atoms with E-state index in [-0.39, 0.29) is 22.3 Å². The second-order valence-electron chi connectivity index (χ2n) is 9.35. The summed E-state index contributed by atoms with van der Waals surface area (Å²) in [6.07, 6.45) is 0. The molecule has 21 heavy (non-hydrogen) atoms. The van der Waals surface area contributed by atoms with E-state index in [1.807, 2.05) is 62.3 Å². The van der Waals surface area contributed by atoms with Gasteiger partial charge in [0.25, 0.3) is 0 Å². The molecule has 0 radical (unpaired) electrons. The molecule has 0 fully saturated rings. The van der Waals surface area contributed by atoms with Crippen molar-refractivity contribution in [3.05, 3.63) is 0 Å². The van der Waals surface area contributed by atoms with Gasteiger partial charge < -0.3 is 0 Å². The molecule has 0 rings (SSSR count). The summed E-state index contributed by atoms with van der Waals surface area (Å²) in [6.45, 7) is 24.4. The van der Waals surface area contributed by atoms with E-state index in [0.717, 1.165) is 0 Å². The minimum absolute atomic E-state index is 0.264. The normalized spacial score (nSPS) is 15.2. The van der Waals surface area contributed by atoms with Crippen LogP contribution in [0.2, 0.25) is 0 Å². The Balaban J connectivity index is 6.02. The topological polar surface area (TPSA) is 40.0 Å². The van der Waals surface area contributed by atoms with Crippen molar-refractivity contribution in [1.29, 1.82) is 0 Å². The number of rotatable bonds is 3. The van der Waals surface area contributed by atoms with Gasteiger partial charge in [0.2, 0.25) is 0 Å². The van der Waals surface area contributed by atoms with Crippen molar-refractivity contribution in [2.45, 2.75) is 105 Å². The predicted octanol–water partition coefficient (Wildman–Crippen LogP) is 5.31. The molecule has 0 spiro atoms. The van der Waals surface area contributed by atoms with Gasteiger partial charge in [-0.15, -0.1) is 0 Å². The van der Waals surface area contributed by atoms with Gasteiger partial charge in [-0.05, 0) is 0 Å². The summed E-state index contributed by atoms with van der Waals surface area (Å²) in [6, 6.07) is 0. The van der Waals surface area contributed by atoms with E-state index in [1.165, 1.54) is 0 Å². The van der Waals surface area contributed by atoms with Crippen LogP contribution in [0.15, 0.2) is 3.34 Å². The summed E-state index contributed by atoms with van der Waals surface area (Å²) in [5.74, 6) is 0. The maximum absolute atomic E-state index is 6.36. The molecule has 0 aromatic heterocycles. The van der Waals surface area contributed by atoms with E-state index in [9.17, 15) is 0 Å². The first-order valence-electron chi connectivity index (χ1n) is 7.58. The molecule has 0 heterocycles. The summed E-state index contributed by atoms with van der Waals surface area (Å²) in [7, 11) is 0. The summed E-state index contributed by atoms with van der Waals surface area (Å²) in [5, 5.41) is 0. The third-order valence-electron chi connectivity index (χ3n) is 1.59.